The molecule has 2 amide bonds. The fraction of sp³-hybridized carbons (Fsp3) is 0.556. The van der Waals surface area contributed by atoms with E-state index >= 15 is 0 Å². The molecule has 2 rings (SSSR count). The lowest BCUT2D eigenvalue weighted by atomic mass is 10.1. The summed E-state index contributed by atoms with van der Waals surface area (Å²) < 4.78 is 0. The first-order chi connectivity index (χ1) is 11.0. The van der Waals surface area contributed by atoms with Gasteiger partial charge in [-0.2, -0.15) is 0 Å². The van der Waals surface area contributed by atoms with Crippen LogP contribution in [-0.4, -0.2) is 34.6 Å². The Kier molecular flexibility index (Phi) is 6.02. The van der Waals surface area contributed by atoms with Crippen molar-refractivity contribution in [2.24, 2.45) is 5.92 Å². The van der Waals surface area contributed by atoms with Gasteiger partial charge in [-0.15, -0.1) is 0 Å². The average molecular weight is 318 g/mol. The first kappa shape index (κ1) is 17.3. The smallest absolute Gasteiger partial charge is 0.335 e. The fourth-order valence-electron chi connectivity index (χ4n) is 3.05. The van der Waals surface area contributed by atoms with Gasteiger partial charge in [0.1, 0.15) is 0 Å². The Morgan fingerprint density at radius 2 is 1.83 bits per heavy atom. The summed E-state index contributed by atoms with van der Waals surface area (Å²) in [7, 11) is 0. The van der Waals surface area contributed by atoms with Gasteiger partial charge >= 0.3 is 12.0 Å². The number of amides is 2. The summed E-state index contributed by atoms with van der Waals surface area (Å²) in [5.41, 5.74) is 1.16. The van der Waals surface area contributed by atoms with Gasteiger partial charge in [0.2, 0.25) is 0 Å². The van der Waals surface area contributed by atoms with Crippen LogP contribution >= 0.6 is 0 Å². The third-order valence-electron chi connectivity index (χ3n) is 4.23. The van der Waals surface area contributed by atoms with Crippen LogP contribution in [0, 0.1) is 5.92 Å². The minimum atomic E-state index is -0.940. The molecule has 23 heavy (non-hydrogen) atoms. The van der Waals surface area contributed by atoms with Gasteiger partial charge in [-0.3, -0.25) is 0 Å². The summed E-state index contributed by atoms with van der Waals surface area (Å²) in [5, 5.41) is 11.9. The van der Waals surface area contributed by atoms with Crippen LogP contribution in [0.2, 0.25) is 0 Å². The zero-order valence-corrected chi connectivity index (χ0v) is 13.9. The highest BCUT2D eigenvalue weighted by molar-refractivity contribution is 5.87. The molecular weight excluding hydrogens is 292 g/mol. The summed E-state index contributed by atoms with van der Waals surface area (Å²) >= 11 is 0. The molecule has 0 bridgehead atoms. The maximum absolute atomic E-state index is 12.5. The molecule has 0 aromatic heterocycles. The van der Waals surface area contributed by atoms with Gasteiger partial charge in [0, 0.05) is 19.1 Å². The van der Waals surface area contributed by atoms with Gasteiger partial charge in [0.25, 0.3) is 0 Å². The van der Waals surface area contributed by atoms with Crippen LogP contribution in [0.25, 0.3) is 0 Å². The summed E-state index contributed by atoms with van der Waals surface area (Å²) in [4.78, 5) is 25.4. The minimum absolute atomic E-state index is 0.0205. The molecule has 5 heteroatoms. The second-order valence-electron chi connectivity index (χ2n) is 6.65. The first-order valence-electron chi connectivity index (χ1n) is 8.34. The summed E-state index contributed by atoms with van der Waals surface area (Å²) in [6, 6.07) is 6.94. The van der Waals surface area contributed by atoms with Gasteiger partial charge < -0.3 is 15.3 Å². The number of nitrogens with zero attached hydrogens (tertiary/aromatic N) is 1. The minimum Gasteiger partial charge on any atom is -0.478 e. The van der Waals surface area contributed by atoms with Gasteiger partial charge in [0.15, 0.2) is 0 Å². The maximum atomic E-state index is 12.5. The summed E-state index contributed by atoms with van der Waals surface area (Å²) in [6.45, 7) is 5.44. The van der Waals surface area contributed by atoms with Crippen LogP contribution < -0.4 is 5.32 Å². The second kappa shape index (κ2) is 7.99. The van der Waals surface area contributed by atoms with E-state index in [9.17, 15) is 9.59 Å². The van der Waals surface area contributed by atoms with E-state index in [4.69, 9.17) is 5.11 Å². The molecule has 0 saturated heterocycles. The number of nitrogens with one attached hydrogen (secondary N) is 1. The Morgan fingerprint density at radius 3 is 2.35 bits per heavy atom. The molecule has 1 saturated carbocycles. The zero-order valence-electron chi connectivity index (χ0n) is 13.9. The monoisotopic (exact) mass is 318 g/mol. The van der Waals surface area contributed by atoms with E-state index < -0.39 is 5.97 Å². The number of rotatable bonds is 6. The summed E-state index contributed by atoms with van der Waals surface area (Å²) in [5.74, 6) is -0.499. The molecule has 1 aliphatic rings. The Bertz CT molecular complexity index is 534. The van der Waals surface area contributed by atoms with E-state index in [-0.39, 0.29) is 11.6 Å². The van der Waals surface area contributed by atoms with Crippen molar-refractivity contribution in [3.8, 4) is 0 Å². The number of hydrogen-bond acceptors (Lipinski definition) is 2. The molecule has 0 aliphatic heterocycles. The average Bonchev–Trinajstić information content (AvgIpc) is 3.04. The van der Waals surface area contributed by atoms with E-state index in [2.05, 4.69) is 19.2 Å². The Morgan fingerprint density at radius 1 is 1.22 bits per heavy atom. The molecule has 2 N–H and O–H groups in total. The Labute approximate surface area is 137 Å². The lowest BCUT2D eigenvalue weighted by molar-refractivity contribution is 0.0697. The van der Waals surface area contributed by atoms with Crippen molar-refractivity contribution in [3.05, 3.63) is 35.4 Å². The van der Waals surface area contributed by atoms with E-state index in [1.54, 1.807) is 24.3 Å². The van der Waals surface area contributed by atoms with Crippen LogP contribution in [0.1, 0.15) is 55.5 Å². The van der Waals surface area contributed by atoms with E-state index in [0.29, 0.717) is 18.5 Å². The van der Waals surface area contributed by atoms with Gasteiger partial charge in [-0.05, 0) is 36.5 Å². The predicted octanol–water partition coefficient (Wildman–Crippen LogP) is 3.50. The van der Waals surface area contributed by atoms with Crippen LogP contribution in [0.4, 0.5) is 4.79 Å². The van der Waals surface area contributed by atoms with Crippen LogP contribution in [0.15, 0.2) is 24.3 Å². The topological polar surface area (TPSA) is 69.6 Å². The van der Waals surface area contributed by atoms with Crippen LogP contribution in [-0.2, 0) is 6.54 Å². The highest BCUT2D eigenvalue weighted by atomic mass is 16.4. The van der Waals surface area contributed by atoms with Crippen LogP contribution in [0.3, 0.4) is 0 Å². The number of hydrogen-bond donors (Lipinski definition) is 2. The van der Waals surface area contributed by atoms with Crippen molar-refractivity contribution >= 4 is 12.0 Å². The lowest BCUT2D eigenvalue weighted by Gasteiger charge is -2.30. The van der Waals surface area contributed by atoms with Crippen molar-refractivity contribution in [2.75, 3.05) is 6.54 Å². The van der Waals surface area contributed by atoms with E-state index in [0.717, 1.165) is 24.9 Å². The summed E-state index contributed by atoms with van der Waals surface area (Å²) in [6.07, 6.45) is 4.58. The third kappa shape index (κ3) is 4.98. The van der Waals surface area contributed by atoms with Crippen molar-refractivity contribution in [1.82, 2.24) is 10.2 Å². The quantitative estimate of drug-likeness (QED) is 0.843. The lowest BCUT2D eigenvalue weighted by Crippen LogP contribution is -2.46. The molecule has 1 aromatic rings. The molecular formula is C18H26N2O3. The number of carboxylic acids is 1. The number of carbonyl (C=O) groups excluding carboxylic acids is 1. The molecule has 5 nitrogen and oxygen atoms in total. The second-order valence-corrected chi connectivity index (χ2v) is 6.65. The first-order valence-corrected chi connectivity index (χ1v) is 8.34. The number of urea groups is 1. The van der Waals surface area contributed by atoms with Gasteiger partial charge in [0.05, 0.1) is 5.56 Å². The predicted molar refractivity (Wildman–Crippen MR) is 89.4 cm³/mol. The highest BCUT2D eigenvalue weighted by Crippen LogP contribution is 2.24. The van der Waals surface area contributed by atoms with E-state index in [1.807, 2.05) is 4.90 Å². The molecule has 0 heterocycles. The normalized spacial score (nSPS) is 14.9. The fourth-order valence-corrected chi connectivity index (χ4v) is 3.05. The number of aromatic carboxylic acids is 1. The molecule has 0 spiro atoms. The van der Waals surface area contributed by atoms with Gasteiger partial charge in [-0.1, -0.05) is 38.8 Å². The molecule has 0 atom stereocenters. The molecule has 1 fully saturated rings. The molecule has 0 radical (unpaired) electrons. The molecule has 1 aliphatic carbocycles. The highest BCUT2D eigenvalue weighted by Gasteiger charge is 2.26. The van der Waals surface area contributed by atoms with Crippen LogP contribution in [0.5, 0.6) is 0 Å². The maximum Gasteiger partial charge on any atom is 0.335 e. The largest absolute Gasteiger partial charge is 0.478 e. The zero-order chi connectivity index (χ0) is 16.8. The standard InChI is InChI=1S/C18H26N2O3/c1-13(2)12-20(16-5-3-4-6-16)18(23)19-11-14-7-9-15(10-8-14)17(21)22/h7-10,13,16H,3-6,11-12H2,1-2H3,(H,19,23)(H,21,22). The number of carbonyl (C=O) groups is 2. The Hall–Kier alpha value is -2.04. The van der Waals surface area contributed by atoms with Gasteiger partial charge in [-0.25, -0.2) is 9.59 Å². The van der Waals surface area contributed by atoms with Crippen molar-refractivity contribution in [3.63, 3.8) is 0 Å². The van der Waals surface area contributed by atoms with Crippen molar-refractivity contribution in [2.45, 2.75) is 52.1 Å². The van der Waals surface area contributed by atoms with E-state index in [1.165, 1.54) is 12.8 Å². The SMILES string of the molecule is CC(C)CN(C(=O)NCc1ccc(C(=O)O)cc1)C1CCCC1. The third-order valence-corrected chi connectivity index (χ3v) is 4.23. The van der Waals surface area contributed by atoms with Crippen molar-refractivity contribution in [1.29, 1.82) is 0 Å². The molecule has 1 aromatic carbocycles. The Balaban J connectivity index is 1.93. The molecule has 126 valence electrons. The molecule has 0 unspecified atom stereocenters. The number of benzene rings is 1. The number of carboxylic acid groups (broad SMARTS) is 1. The van der Waals surface area contributed by atoms with Crippen molar-refractivity contribution < 1.29 is 14.7 Å².